The molecule has 0 aliphatic carbocycles. The second-order valence-corrected chi connectivity index (χ2v) is 3.46. The predicted molar refractivity (Wildman–Crippen MR) is 57.5 cm³/mol. The molecule has 2 rings (SSSR count). The SMILES string of the molecule is Cc1ccc(-c2nc(N)oc2C)cc1O. The van der Waals surface area contributed by atoms with Gasteiger partial charge in [-0.3, -0.25) is 0 Å². The van der Waals surface area contributed by atoms with Crippen LogP contribution < -0.4 is 5.73 Å². The molecule has 0 spiro atoms. The maximum Gasteiger partial charge on any atom is 0.292 e. The van der Waals surface area contributed by atoms with Gasteiger partial charge in [-0.05, 0) is 25.5 Å². The lowest BCUT2D eigenvalue weighted by Crippen LogP contribution is -1.85. The van der Waals surface area contributed by atoms with E-state index in [4.69, 9.17) is 10.2 Å². The number of phenols is 1. The van der Waals surface area contributed by atoms with E-state index in [9.17, 15) is 5.11 Å². The summed E-state index contributed by atoms with van der Waals surface area (Å²) in [6.45, 7) is 3.62. The monoisotopic (exact) mass is 204 g/mol. The number of aromatic hydroxyl groups is 1. The average molecular weight is 204 g/mol. The molecule has 2 aromatic rings. The van der Waals surface area contributed by atoms with Gasteiger partial charge in [0.1, 0.15) is 17.2 Å². The summed E-state index contributed by atoms with van der Waals surface area (Å²) in [5.74, 6) is 0.893. The second-order valence-electron chi connectivity index (χ2n) is 3.46. The van der Waals surface area contributed by atoms with E-state index in [0.717, 1.165) is 11.1 Å². The Bertz CT molecular complexity index is 503. The number of benzene rings is 1. The highest BCUT2D eigenvalue weighted by Gasteiger charge is 2.10. The van der Waals surface area contributed by atoms with Crippen LogP contribution in [0.1, 0.15) is 11.3 Å². The van der Waals surface area contributed by atoms with Crippen molar-refractivity contribution in [2.45, 2.75) is 13.8 Å². The van der Waals surface area contributed by atoms with Gasteiger partial charge in [-0.2, -0.15) is 4.98 Å². The van der Waals surface area contributed by atoms with Crippen molar-refractivity contribution in [2.75, 3.05) is 5.73 Å². The molecule has 15 heavy (non-hydrogen) atoms. The van der Waals surface area contributed by atoms with Crippen molar-refractivity contribution >= 4 is 6.01 Å². The highest BCUT2D eigenvalue weighted by atomic mass is 16.4. The van der Waals surface area contributed by atoms with Gasteiger partial charge in [0.05, 0.1) is 0 Å². The molecule has 4 nitrogen and oxygen atoms in total. The minimum absolute atomic E-state index is 0.141. The number of phenolic OH excluding ortho intramolecular Hbond substituents is 1. The van der Waals surface area contributed by atoms with Crippen LogP contribution in [0, 0.1) is 13.8 Å². The minimum atomic E-state index is 0.141. The van der Waals surface area contributed by atoms with Crippen LogP contribution in [0.15, 0.2) is 22.6 Å². The van der Waals surface area contributed by atoms with Crippen molar-refractivity contribution in [3.05, 3.63) is 29.5 Å². The number of hydrogen-bond donors (Lipinski definition) is 2. The molecule has 1 aromatic carbocycles. The third-order valence-electron chi connectivity index (χ3n) is 2.30. The van der Waals surface area contributed by atoms with Crippen LogP contribution in [0.25, 0.3) is 11.3 Å². The normalized spacial score (nSPS) is 10.5. The number of nitrogens with zero attached hydrogens (tertiary/aromatic N) is 1. The molecule has 78 valence electrons. The lowest BCUT2D eigenvalue weighted by atomic mass is 10.1. The quantitative estimate of drug-likeness (QED) is 0.747. The molecule has 0 aliphatic rings. The third-order valence-corrected chi connectivity index (χ3v) is 2.30. The summed E-state index contributed by atoms with van der Waals surface area (Å²) in [7, 11) is 0. The molecule has 0 fully saturated rings. The van der Waals surface area contributed by atoms with Crippen LogP contribution >= 0.6 is 0 Å². The summed E-state index contributed by atoms with van der Waals surface area (Å²) < 4.78 is 5.12. The molecular weight excluding hydrogens is 192 g/mol. The molecule has 1 aromatic heterocycles. The fourth-order valence-electron chi connectivity index (χ4n) is 1.44. The lowest BCUT2D eigenvalue weighted by Gasteiger charge is -2.01. The van der Waals surface area contributed by atoms with Crippen LogP contribution in [-0.2, 0) is 0 Å². The molecule has 0 saturated heterocycles. The number of hydrogen-bond acceptors (Lipinski definition) is 4. The van der Waals surface area contributed by atoms with Crippen molar-refractivity contribution in [1.82, 2.24) is 4.98 Å². The summed E-state index contributed by atoms with van der Waals surface area (Å²) in [6, 6.07) is 5.50. The zero-order valence-corrected chi connectivity index (χ0v) is 8.61. The highest BCUT2D eigenvalue weighted by Crippen LogP contribution is 2.28. The summed E-state index contributed by atoms with van der Waals surface area (Å²) in [5, 5.41) is 9.57. The molecule has 0 amide bonds. The average Bonchev–Trinajstić information content (AvgIpc) is 2.50. The van der Waals surface area contributed by atoms with E-state index in [2.05, 4.69) is 4.98 Å². The van der Waals surface area contributed by atoms with Gasteiger partial charge >= 0.3 is 0 Å². The maximum absolute atomic E-state index is 9.57. The van der Waals surface area contributed by atoms with Crippen LogP contribution in [0.3, 0.4) is 0 Å². The minimum Gasteiger partial charge on any atom is -0.508 e. The van der Waals surface area contributed by atoms with E-state index in [0.29, 0.717) is 11.5 Å². The summed E-state index contributed by atoms with van der Waals surface area (Å²) in [4.78, 5) is 4.05. The fraction of sp³-hybridized carbons (Fsp3) is 0.182. The molecule has 0 bridgehead atoms. The van der Waals surface area contributed by atoms with Gasteiger partial charge < -0.3 is 15.3 Å². The molecule has 0 radical (unpaired) electrons. The second kappa shape index (κ2) is 3.31. The number of anilines is 1. The van der Waals surface area contributed by atoms with Gasteiger partial charge in [0.2, 0.25) is 0 Å². The standard InChI is InChI=1S/C11H12N2O2/c1-6-3-4-8(5-9(6)14)10-7(2)15-11(12)13-10/h3-5,14H,1-2H3,(H2,12,13). The van der Waals surface area contributed by atoms with Crippen LogP contribution in [0.4, 0.5) is 6.01 Å². The number of aromatic nitrogens is 1. The Labute approximate surface area is 87.4 Å². The first-order valence-corrected chi connectivity index (χ1v) is 4.61. The Morgan fingerprint density at radius 3 is 2.60 bits per heavy atom. The van der Waals surface area contributed by atoms with Crippen molar-refractivity contribution < 1.29 is 9.52 Å². The molecule has 0 saturated carbocycles. The highest BCUT2D eigenvalue weighted by molar-refractivity contribution is 5.64. The molecule has 3 N–H and O–H groups in total. The van der Waals surface area contributed by atoms with E-state index in [1.165, 1.54) is 0 Å². The summed E-state index contributed by atoms with van der Waals surface area (Å²) in [6.07, 6.45) is 0. The zero-order valence-electron chi connectivity index (χ0n) is 8.61. The first-order chi connectivity index (χ1) is 7.08. The smallest absolute Gasteiger partial charge is 0.292 e. The van der Waals surface area contributed by atoms with Gasteiger partial charge in [0, 0.05) is 5.56 Å². The van der Waals surface area contributed by atoms with Crippen molar-refractivity contribution in [1.29, 1.82) is 0 Å². The predicted octanol–water partition coefficient (Wildman–Crippen LogP) is 2.25. The van der Waals surface area contributed by atoms with Gasteiger partial charge in [-0.1, -0.05) is 12.1 Å². The van der Waals surface area contributed by atoms with Gasteiger partial charge in [-0.15, -0.1) is 0 Å². The number of nitrogen functional groups attached to an aromatic ring is 1. The Hall–Kier alpha value is -1.97. The van der Waals surface area contributed by atoms with E-state index in [1.54, 1.807) is 13.0 Å². The van der Waals surface area contributed by atoms with Gasteiger partial charge in [-0.25, -0.2) is 0 Å². The largest absolute Gasteiger partial charge is 0.508 e. The maximum atomic E-state index is 9.57. The molecular formula is C11H12N2O2. The Morgan fingerprint density at radius 2 is 2.07 bits per heavy atom. The van der Waals surface area contributed by atoms with Crippen molar-refractivity contribution in [3.8, 4) is 17.0 Å². The molecule has 1 heterocycles. The van der Waals surface area contributed by atoms with E-state index < -0.39 is 0 Å². The van der Waals surface area contributed by atoms with Crippen LogP contribution in [0.5, 0.6) is 5.75 Å². The Kier molecular flexibility index (Phi) is 2.11. The van der Waals surface area contributed by atoms with Gasteiger partial charge in [0.15, 0.2) is 0 Å². The molecule has 0 atom stereocenters. The van der Waals surface area contributed by atoms with Crippen molar-refractivity contribution in [2.24, 2.45) is 0 Å². The fourth-order valence-corrected chi connectivity index (χ4v) is 1.44. The Morgan fingerprint density at radius 1 is 1.33 bits per heavy atom. The lowest BCUT2D eigenvalue weighted by molar-refractivity contribution is 0.471. The summed E-state index contributed by atoms with van der Waals surface area (Å²) >= 11 is 0. The number of nitrogens with two attached hydrogens (primary N) is 1. The zero-order chi connectivity index (χ0) is 11.0. The first-order valence-electron chi connectivity index (χ1n) is 4.61. The number of aryl methyl sites for hydroxylation is 2. The first kappa shape index (κ1) is 9.58. The molecule has 0 aliphatic heterocycles. The van der Waals surface area contributed by atoms with E-state index in [1.807, 2.05) is 19.1 Å². The topological polar surface area (TPSA) is 72.3 Å². The Balaban J connectivity index is 2.54. The van der Waals surface area contributed by atoms with Crippen LogP contribution in [0.2, 0.25) is 0 Å². The number of oxazole rings is 1. The van der Waals surface area contributed by atoms with E-state index in [-0.39, 0.29) is 11.8 Å². The summed E-state index contributed by atoms with van der Waals surface area (Å²) in [5.41, 5.74) is 7.74. The third kappa shape index (κ3) is 1.66. The van der Waals surface area contributed by atoms with Gasteiger partial charge in [0.25, 0.3) is 6.01 Å². The van der Waals surface area contributed by atoms with Crippen molar-refractivity contribution in [3.63, 3.8) is 0 Å². The molecule has 0 unspecified atom stereocenters. The van der Waals surface area contributed by atoms with Crippen LogP contribution in [-0.4, -0.2) is 10.1 Å². The van der Waals surface area contributed by atoms with E-state index >= 15 is 0 Å². The number of rotatable bonds is 1. The molecule has 4 heteroatoms.